The Morgan fingerprint density at radius 3 is 1.51 bits per heavy atom. The quantitative estimate of drug-likeness (QED) is 0.140. The summed E-state index contributed by atoms with van der Waals surface area (Å²) in [6.45, 7) is 20.4. The number of hydrogen-bond donors (Lipinski definition) is 0. The van der Waals surface area contributed by atoms with Crippen LogP contribution in [0.3, 0.4) is 0 Å². The lowest BCUT2D eigenvalue weighted by atomic mass is 9.42. The molecular formula is C78H68BN3. The van der Waals surface area contributed by atoms with Crippen molar-refractivity contribution in [3.63, 3.8) is 0 Å². The predicted molar refractivity (Wildman–Crippen MR) is 349 cm³/mol. The molecule has 3 heterocycles. The van der Waals surface area contributed by atoms with E-state index in [1.807, 2.05) is 0 Å². The number of anilines is 8. The standard InChI is InChI=1S/C78H68BN3/c1-51-46-52(2)73(53(3)47-51)56-48-66-65-50-64(80(61-40-34-57(35-41-61)76(4,5)6)62-42-36-58(37-43-62)77(7,8)9)44-45-70(65)82(63-38-32-55(33-39-63)54-22-13-10-14-23-54)79-69-30-21-29-68-75(69)81(72(49-56)74(66)79)71-31-20-19-28-67(71)78(68,59-24-15-11-16-25-59)60-26-17-12-18-27-60/h10-50H,1-9H3. The average molecular weight is 1060 g/mol. The van der Waals surface area contributed by atoms with Crippen LogP contribution in [0.1, 0.15) is 91.6 Å². The van der Waals surface area contributed by atoms with E-state index >= 15 is 0 Å². The van der Waals surface area contributed by atoms with Crippen LogP contribution in [0.15, 0.2) is 249 Å². The average Bonchev–Trinajstić information content (AvgIpc) is 1.11. The maximum Gasteiger partial charge on any atom is 0.333 e. The number of para-hydroxylation sites is 2. The molecule has 0 bridgehead atoms. The molecular weight excluding hydrogens is 990 g/mol. The summed E-state index contributed by atoms with van der Waals surface area (Å²) in [6.07, 6.45) is 0. The van der Waals surface area contributed by atoms with Crippen molar-refractivity contribution in [2.45, 2.75) is 78.6 Å². The Balaban J connectivity index is 1.09. The molecule has 14 rings (SSSR count). The molecule has 0 N–H and O–H groups in total. The highest BCUT2D eigenvalue weighted by molar-refractivity contribution is 6.93. The van der Waals surface area contributed by atoms with Gasteiger partial charge in [-0.05, 0) is 188 Å². The number of fused-ring (bicyclic) bond motifs is 6. The Bertz CT molecular complexity index is 4130. The van der Waals surface area contributed by atoms with Crippen LogP contribution in [-0.4, -0.2) is 6.85 Å². The maximum absolute atomic E-state index is 2.67. The molecule has 3 nitrogen and oxygen atoms in total. The third-order valence-electron chi connectivity index (χ3n) is 17.9. The summed E-state index contributed by atoms with van der Waals surface area (Å²) in [4.78, 5) is 7.79. The fraction of sp³-hybridized carbons (Fsp3) is 0.154. The molecule has 0 unspecified atom stereocenters. The van der Waals surface area contributed by atoms with Crippen molar-refractivity contribution in [2.75, 3.05) is 14.6 Å². The van der Waals surface area contributed by atoms with Gasteiger partial charge in [0.05, 0.1) is 11.1 Å². The second-order valence-corrected chi connectivity index (χ2v) is 25.1. The lowest BCUT2D eigenvalue weighted by Crippen LogP contribution is -2.62. The van der Waals surface area contributed by atoms with E-state index in [9.17, 15) is 0 Å². The molecule has 0 atom stereocenters. The van der Waals surface area contributed by atoms with Crippen molar-refractivity contribution < 1.29 is 0 Å². The van der Waals surface area contributed by atoms with Gasteiger partial charge in [0.25, 0.3) is 0 Å². The minimum atomic E-state index is -0.633. The van der Waals surface area contributed by atoms with Crippen molar-refractivity contribution in [1.29, 1.82) is 0 Å². The van der Waals surface area contributed by atoms with Gasteiger partial charge in [-0.3, -0.25) is 0 Å². The van der Waals surface area contributed by atoms with E-state index in [2.05, 4.69) is 326 Å². The van der Waals surface area contributed by atoms with Gasteiger partial charge in [-0.1, -0.05) is 223 Å². The van der Waals surface area contributed by atoms with Crippen LogP contribution in [0, 0.1) is 20.8 Å². The molecule has 0 aliphatic carbocycles. The van der Waals surface area contributed by atoms with E-state index in [1.165, 1.54) is 117 Å². The lowest BCUT2D eigenvalue weighted by molar-refractivity contribution is 0.590. The fourth-order valence-electron chi connectivity index (χ4n) is 14.2. The highest BCUT2D eigenvalue weighted by Crippen LogP contribution is 2.60. The second kappa shape index (κ2) is 19.3. The van der Waals surface area contributed by atoms with Crippen molar-refractivity contribution in [3.05, 3.63) is 299 Å². The Morgan fingerprint density at radius 1 is 0.402 bits per heavy atom. The van der Waals surface area contributed by atoms with E-state index in [4.69, 9.17) is 0 Å². The van der Waals surface area contributed by atoms with Crippen LogP contribution in [-0.2, 0) is 16.2 Å². The Kier molecular flexibility index (Phi) is 12.0. The molecule has 3 aliphatic heterocycles. The molecule has 4 heteroatoms. The minimum absolute atomic E-state index is 0.0138. The van der Waals surface area contributed by atoms with Gasteiger partial charge in [-0.15, -0.1) is 0 Å². The highest BCUT2D eigenvalue weighted by Gasteiger charge is 2.53. The number of aryl methyl sites for hydroxylation is 3. The van der Waals surface area contributed by atoms with Crippen molar-refractivity contribution >= 4 is 63.3 Å². The van der Waals surface area contributed by atoms with Crippen LogP contribution < -0.4 is 25.5 Å². The van der Waals surface area contributed by atoms with Gasteiger partial charge < -0.3 is 14.6 Å². The summed E-state index contributed by atoms with van der Waals surface area (Å²) in [6, 6.07) is 94.6. The molecule has 0 spiro atoms. The number of rotatable bonds is 8. The zero-order valence-electron chi connectivity index (χ0n) is 48.6. The molecule has 3 aliphatic rings. The molecule has 0 amide bonds. The highest BCUT2D eigenvalue weighted by atomic mass is 15.2. The molecule has 82 heavy (non-hydrogen) atoms. The van der Waals surface area contributed by atoms with Crippen LogP contribution in [0.25, 0.3) is 33.4 Å². The Hall–Kier alpha value is -9.12. The van der Waals surface area contributed by atoms with E-state index in [0.717, 1.165) is 22.7 Å². The topological polar surface area (TPSA) is 9.72 Å². The first-order valence-electron chi connectivity index (χ1n) is 29.2. The van der Waals surface area contributed by atoms with Crippen LogP contribution in [0.2, 0.25) is 0 Å². The SMILES string of the molecule is Cc1cc(C)c(-c2cc3c4c(c2)N2c5ccccc5C(c5ccccc5)(c5ccccc5)c5cccc(c52)B4N(c2ccc(-c4ccccc4)cc2)c2ccc(N(c4ccc(C(C)(C)C)cc4)c4ccc(C(C)(C)C)cc4)cc2-3)c(C)c1. The molecule has 0 saturated carbocycles. The molecule has 0 aromatic heterocycles. The normalized spacial score (nSPS) is 13.7. The van der Waals surface area contributed by atoms with E-state index in [1.54, 1.807) is 0 Å². The summed E-state index contributed by atoms with van der Waals surface area (Å²) >= 11 is 0. The molecule has 11 aromatic rings. The van der Waals surface area contributed by atoms with Gasteiger partial charge in [-0.2, -0.15) is 0 Å². The fourth-order valence-corrected chi connectivity index (χ4v) is 14.2. The van der Waals surface area contributed by atoms with Crippen molar-refractivity contribution in [3.8, 4) is 33.4 Å². The van der Waals surface area contributed by atoms with Crippen LogP contribution in [0.4, 0.5) is 45.5 Å². The van der Waals surface area contributed by atoms with Crippen LogP contribution >= 0.6 is 0 Å². The van der Waals surface area contributed by atoms with Gasteiger partial charge in [-0.25, -0.2) is 0 Å². The monoisotopic (exact) mass is 1060 g/mol. The summed E-state index contributed by atoms with van der Waals surface area (Å²) in [5.41, 5.74) is 30.0. The summed E-state index contributed by atoms with van der Waals surface area (Å²) in [7, 11) is 0. The van der Waals surface area contributed by atoms with Crippen molar-refractivity contribution in [2.24, 2.45) is 0 Å². The van der Waals surface area contributed by atoms with Crippen molar-refractivity contribution in [1.82, 2.24) is 0 Å². The first kappa shape index (κ1) is 51.1. The van der Waals surface area contributed by atoms with E-state index in [0.29, 0.717) is 0 Å². The van der Waals surface area contributed by atoms with Crippen LogP contribution in [0.5, 0.6) is 0 Å². The number of hydrogen-bond acceptors (Lipinski definition) is 3. The number of benzene rings is 11. The summed E-state index contributed by atoms with van der Waals surface area (Å²) in [5, 5.41) is 0. The number of nitrogens with zero attached hydrogens (tertiary/aromatic N) is 3. The zero-order chi connectivity index (χ0) is 56.2. The van der Waals surface area contributed by atoms with Gasteiger partial charge >= 0.3 is 6.85 Å². The Morgan fingerprint density at radius 2 is 0.927 bits per heavy atom. The zero-order valence-corrected chi connectivity index (χ0v) is 48.6. The van der Waals surface area contributed by atoms with Gasteiger partial charge in [0.15, 0.2) is 0 Å². The Labute approximate surface area is 485 Å². The minimum Gasteiger partial charge on any atom is -0.376 e. The maximum atomic E-state index is 2.67. The first-order valence-corrected chi connectivity index (χ1v) is 29.2. The van der Waals surface area contributed by atoms with Gasteiger partial charge in [0.1, 0.15) is 0 Å². The van der Waals surface area contributed by atoms with E-state index < -0.39 is 5.41 Å². The molecule has 0 fully saturated rings. The molecule has 11 aromatic carbocycles. The largest absolute Gasteiger partial charge is 0.376 e. The third-order valence-corrected chi connectivity index (χ3v) is 17.9. The first-order chi connectivity index (χ1) is 39.7. The van der Waals surface area contributed by atoms with Gasteiger partial charge in [0.2, 0.25) is 0 Å². The third kappa shape index (κ3) is 8.09. The summed E-state index contributed by atoms with van der Waals surface area (Å²) < 4.78 is 0. The second-order valence-electron chi connectivity index (χ2n) is 25.1. The van der Waals surface area contributed by atoms with Gasteiger partial charge in [0, 0.05) is 45.4 Å². The lowest BCUT2D eigenvalue weighted by Gasteiger charge is -2.52. The summed E-state index contributed by atoms with van der Waals surface area (Å²) in [5.74, 6) is 0. The molecule has 0 radical (unpaired) electrons. The molecule has 0 saturated heterocycles. The predicted octanol–water partition coefficient (Wildman–Crippen LogP) is 19.4. The smallest absolute Gasteiger partial charge is 0.333 e. The molecule has 398 valence electrons. The van der Waals surface area contributed by atoms with E-state index in [-0.39, 0.29) is 17.7 Å².